The predicted octanol–water partition coefficient (Wildman–Crippen LogP) is 1.44. The molecule has 1 aromatic carbocycles. The van der Waals surface area contributed by atoms with Gasteiger partial charge in [0, 0.05) is 19.5 Å². The molecule has 0 saturated heterocycles. The summed E-state index contributed by atoms with van der Waals surface area (Å²) in [4.78, 5) is 4.15. The highest BCUT2D eigenvalue weighted by molar-refractivity contribution is 5.44. The summed E-state index contributed by atoms with van der Waals surface area (Å²) in [6.45, 7) is 3.68. The Bertz CT molecular complexity index is 568. The van der Waals surface area contributed by atoms with Gasteiger partial charge in [0.15, 0.2) is 17.3 Å². The second-order valence-electron chi connectivity index (χ2n) is 4.35. The minimum atomic E-state index is 0.308. The van der Waals surface area contributed by atoms with Crippen LogP contribution in [0.15, 0.2) is 22.7 Å². The summed E-state index contributed by atoms with van der Waals surface area (Å²) >= 11 is 0. The zero-order chi connectivity index (χ0) is 13.1. The molecule has 1 aliphatic heterocycles. The van der Waals surface area contributed by atoms with Crippen molar-refractivity contribution in [1.82, 2.24) is 15.5 Å². The lowest BCUT2D eigenvalue weighted by Crippen LogP contribution is -2.16. The number of hydrogen-bond acceptors (Lipinski definition) is 6. The van der Waals surface area contributed by atoms with E-state index in [2.05, 4.69) is 15.5 Å². The number of nitrogens with zero attached hydrogens (tertiary/aromatic N) is 2. The summed E-state index contributed by atoms with van der Waals surface area (Å²) in [5, 5.41) is 7.07. The van der Waals surface area contributed by atoms with Crippen molar-refractivity contribution in [2.45, 2.75) is 19.9 Å². The molecule has 0 radical (unpaired) electrons. The lowest BCUT2D eigenvalue weighted by Gasteiger charge is -2.04. The molecule has 1 aromatic heterocycles. The molecule has 19 heavy (non-hydrogen) atoms. The third-order valence-corrected chi connectivity index (χ3v) is 2.85. The van der Waals surface area contributed by atoms with Crippen LogP contribution in [0, 0.1) is 6.92 Å². The highest BCUT2D eigenvalue weighted by Gasteiger charge is 2.12. The van der Waals surface area contributed by atoms with E-state index >= 15 is 0 Å². The highest BCUT2D eigenvalue weighted by atomic mass is 16.7. The molecule has 0 saturated carbocycles. The number of rotatable bonds is 5. The summed E-state index contributed by atoms with van der Waals surface area (Å²) in [5.74, 6) is 2.96. The zero-order valence-corrected chi connectivity index (χ0v) is 10.7. The van der Waals surface area contributed by atoms with Crippen LogP contribution in [0.4, 0.5) is 0 Å². The van der Waals surface area contributed by atoms with Gasteiger partial charge in [-0.05, 0) is 24.6 Å². The molecule has 6 heteroatoms. The topological polar surface area (TPSA) is 69.4 Å². The van der Waals surface area contributed by atoms with Crippen molar-refractivity contribution in [2.75, 3.05) is 13.3 Å². The van der Waals surface area contributed by atoms with Gasteiger partial charge < -0.3 is 19.3 Å². The van der Waals surface area contributed by atoms with Crippen molar-refractivity contribution in [3.63, 3.8) is 0 Å². The fourth-order valence-electron chi connectivity index (χ4n) is 1.92. The van der Waals surface area contributed by atoms with Gasteiger partial charge in [-0.1, -0.05) is 11.2 Å². The van der Waals surface area contributed by atoms with Crippen molar-refractivity contribution in [3.05, 3.63) is 35.5 Å². The summed E-state index contributed by atoms with van der Waals surface area (Å²) in [6, 6.07) is 5.95. The van der Waals surface area contributed by atoms with Gasteiger partial charge in [-0.25, -0.2) is 0 Å². The van der Waals surface area contributed by atoms with E-state index in [0.717, 1.165) is 36.6 Å². The van der Waals surface area contributed by atoms with Crippen LogP contribution in [0.5, 0.6) is 11.5 Å². The Morgan fingerprint density at radius 2 is 2.16 bits per heavy atom. The Hall–Kier alpha value is -2.08. The number of nitrogens with one attached hydrogen (secondary N) is 1. The third-order valence-electron chi connectivity index (χ3n) is 2.85. The molecule has 0 amide bonds. The molecule has 0 unspecified atom stereocenters. The van der Waals surface area contributed by atoms with E-state index in [1.807, 2.05) is 25.1 Å². The van der Waals surface area contributed by atoms with Crippen LogP contribution >= 0.6 is 0 Å². The molecule has 6 nitrogen and oxygen atoms in total. The summed E-state index contributed by atoms with van der Waals surface area (Å²) in [5.41, 5.74) is 1.16. The molecule has 0 bridgehead atoms. The van der Waals surface area contributed by atoms with E-state index in [4.69, 9.17) is 14.0 Å². The van der Waals surface area contributed by atoms with Crippen LogP contribution < -0.4 is 14.8 Å². The SMILES string of the molecule is Cc1noc(CCNCc2ccc3c(c2)OCO3)n1. The lowest BCUT2D eigenvalue weighted by molar-refractivity contribution is 0.174. The van der Waals surface area contributed by atoms with Gasteiger partial charge in [-0.2, -0.15) is 4.98 Å². The Kier molecular flexibility index (Phi) is 3.33. The first-order valence-electron chi connectivity index (χ1n) is 6.20. The first-order valence-corrected chi connectivity index (χ1v) is 6.20. The quantitative estimate of drug-likeness (QED) is 0.821. The molecular weight excluding hydrogens is 246 g/mol. The highest BCUT2D eigenvalue weighted by Crippen LogP contribution is 2.32. The first-order chi connectivity index (χ1) is 9.31. The lowest BCUT2D eigenvalue weighted by atomic mass is 10.2. The van der Waals surface area contributed by atoms with Gasteiger partial charge in [0.25, 0.3) is 0 Å². The van der Waals surface area contributed by atoms with Crippen LogP contribution in [-0.2, 0) is 13.0 Å². The number of benzene rings is 1. The Morgan fingerprint density at radius 1 is 1.26 bits per heavy atom. The van der Waals surface area contributed by atoms with E-state index in [9.17, 15) is 0 Å². The third kappa shape index (κ3) is 2.85. The van der Waals surface area contributed by atoms with Crippen LogP contribution in [0.25, 0.3) is 0 Å². The zero-order valence-electron chi connectivity index (χ0n) is 10.7. The van der Waals surface area contributed by atoms with Crippen molar-refractivity contribution in [3.8, 4) is 11.5 Å². The summed E-state index contributed by atoms with van der Waals surface area (Å²) in [6.07, 6.45) is 0.728. The maximum atomic E-state index is 5.33. The minimum absolute atomic E-state index is 0.308. The molecule has 0 fully saturated rings. The molecular formula is C13H15N3O3. The van der Waals surface area contributed by atoms with Gasteiger partial charge in [-0.3, -0.25) is 0 Å². The molecule has 0 aliphatic carbocycles. The Balaban J connectivity index is 1.47. The molecule has 2 aromatic rings. The van der Waals surface area contributed by atoms with E-state index in [1.54, 1.807) is 0 Å². The molecule has 3 rings (SSSR count). The molecule has 1 N–H and O–H groups in total. The summed E-state index contributed by atoms with van der Waals surface area (Å²) in [7, 11) is 0. The number of hydrogen-bond donors (Lipinski definition) is 1. The monoisotopic (exact) mass is 261 g/mol. The molecule has 1 aliphatic rings. The number of aromatic nitrogens is 2. The molecule has 0 atom stereocenters. The van der Waals surface area contributed by atoms with E-state index in [0.29, 0.717) is 18.5 Å². The Morgan fingerprint density at radius 3 is 3.00 bits per heavy atom. The second kappa shape index (κ2) is 5.27. The Labute approximate surface area is 110 Å². The minimum Gasteiger partial charge on any atom is -0.454 e. The van der Waals surface area contributed by atoms with Crippen molar-refractivity contribution < 1.29 is 14.0 Å². The van der Waals surface area contributed by atoms with Gasteiger partial charge >= 0.3 is 0 Å². The number of fused-ring (bicyclic) bond motifs is 1. The standard InChI is InChI=1S/C13H15N3O3/c1-9-15-13(19-16-9)4-5-14-7-10-2-3-11-12(6-10)18-8-17-11/h2-3,6,14H,4-5,7-8H2,1H3. The van der Waals surface area contributed by atoms with E-state index in [-0.39, 0.29) is 0 Å². The van der Waals surface area contributed by atoms with E-state index < -0.39 is 0 Å². The van der Waals surface area contributed by atoms with Crippen molar-refractivity contribution in [1.29, 1.82) is 0 Å². The average Bonchev–Trinajstić information content (AvgIpc) is 3.03. The normalized spacial score (nSPS) is 12.9. The average molecular weight is 261 g/mol. The predicted molar refractivity (Wildman–Crippen MR) is 67.0 cm³/mol. The van der Waals surface area contributed by atoms with Gasteiger partial charge in [0.2, 0.25) is 12.7 Å². The van der Waals surface area contributed by atoms with Crippen LogP contribution in [0.3, 0.4) is 0 Å². The summed E-state index contributed by atoms with van der Waals surface area (Å²) < 4.78 is 15.6. The largest absolute Gasteiger partial charge is 0.454 e. The molecule has 0 spiro atoms. The van der Waals surface area contributed by atoms with Gasteiger partial charge in [0.05, 0.1) is 0 Å². The molecule has 2 heterocycles. The van der Waals surface area contributed by atoms with Crippen LogP contribution in [0.1, 0.15) is 17.3 Å². The fraction of sp³-hybridized carbons (Fsp3) is 0.385. The van der Waals surface area contributed by atoms with Crippen molar-refractivity contribution in [2.24, 2.45) is 0 Å². The first kappa shape index (κ1) is 12.0. The smallest absolute Gasteiger partial charge is 0.231 e. The van der Waals surface area contributed by atoms with E-state index in [1.165, 1.54) is 0 Å². The number of ether oxygens (including phenoxy) is 2. The van der Waals surface area contributed by atoms with Crippen LogP contribution in [0.2, 0.25) is 0 Å². The van der Waals surface area contributed by atoms with Crippen LogP contribution in [-0.4, -0.2) is 23.5 Å². The number of aryl methyl sites for hydroxylation is 1. The second-order valence-corrected chi connectivity index (χ2v) is 4.35. The van der Waals surface area contributed by atoms with Crippen molar-refractivity contribution >= 4 is 0 Å². The fourth-order valence-corrected chi connectivity index (χ4v) is 1.92. The maximum Gasteiger partial charge on any atom is 0.231 e. The van der Waals surface area contributed by atoms with Gasteiger partial charge in [-0.15, -0.1) is 0 Å². The molecule has 100 valence electrons. The maximum absolute atomic E-state index is 5.33. The van der Waals surface area contributed by atoms with Gasteiger partial charge in [0.1, 0.15) is 0 Å².